The van der Waals surface area contributed by atoms with E-state index in [1.54, 1.807) is 12.5 Å². The van der Waals surface area contributed by atoms with E-state index in [9.17, 15) is 0 Å². The normalized spacial score (nSPS) is 11.0. The topological polar surface area (TPSA) is 49.6 Å². The number of rotatable bonds is 5. The molecule has 0 spiro atoms. The number of hydrogen-bond acceptors (Lipinski definition) is 3. The molecule has 0 saturated heterocycles. The lowest BCUT2D eigenvalue weighted by molar-refractivity contribution is 0.502. The SMILES string of the molecule is CC(C)c1ccc(/C=N\NC(=S)NCc2ccco2)cc1. The first-order valence-corrected chi connectivity index (χ1v) is 7.25. The van der Waals surface area contributed by atoms with Gasteiger partial charge in [0.15, 0.2) is 5.11 Å². The molecule has 5 heteroatoms. The lowest BCUT2D eigenvalue weighted by atomic mass is 10.0. The van der Waals surface area contributed by atoms with Gasteiger partial charge in [0, 0.05) is 0 Å². The second kappa shape index (κ2) is 7.59. The minimum atomic E-state index is 0.460. The summed E-state index contributed by atoms with van der Waals surface area (Å²) in [6.07, 6.45) is 3.37. The molecule has 0 aliphatic carbocycles. The van der Waals surface area contributed by atoms with E-state index in [2.05, 4.69) is 41.8 Å². The van der Waals surface area contributed by atoms with Gasteiger partial charge in [0.25, 0.3) is 0 Å². The van der Waals surface area contributed by atoms with E-state index in [1.807, 2.05) is 24.3 Å². The molecule has 0 aliphatic rings. The number of hydrogen-bond donors (Lipinski definition) is 2. The Hall–Kier alpha value is -2.14. The first-order valence-electron chi connectivity index (χ1n) is 6.84. The van der Waals surface area contributed by atoms with Crippen LogP contribution < -0.4 is 10.7 Å². The van der Waals surface area contributed by atoms with Crippen LogP contribution in [-0.4, -0.2) is 11.3 Å². The van der Waals surface area contributed by atoms with Gasteiger partial charge in [0.05, 0.1) is 19.0 Å². The van der Waals surface area contributed by atoms with E-state index in [1.165, 1.54) is 5.56 Å². The molecule has 4 nitrogen and oxygen atoms in total. The summed E-state index contributed by atoms with van der Waals surface area (Å²) >= 11 is 5.12. The van der Waals surface area contributed by atoms with Crippen LogP contribution in [0.1, 0.15) is 36.7 Å². The van der Waals surface area contributed by atoms with Gasteiger partial charge in [-0.05, 0) is 41.4 Å². The number of benzene rings is 1. The van der Waals surface area contributed by atoms with Crippen LogP contribution in [0, 0.1) is 0 Å². The van der Waals surface area contributed by atoms with Crippen LogP contribution in [0.3, 0.4) is 0 Å². The number of nitrogens with zero attached hydrogens (tertiary/aromatic N) is 1. The summed E-state index contributed by atoms with van der Waals surface area (Å²) in [7, 11) is 0. The van der Waals surface area contributed by atoms with Crippen molar-refractivity contribution in [3.63, 3.8) is 0 Å². The second-order valence-corrected chi connectivity index (χ2v) is 5.36. The van der Waals surface area contributed by atoms with Crippen LogP contribution >= 0.6 is 12.2 Å². The molecular formula is C16H19N3OS. The predicted molar refractivity (Wildman–Crippen MR) is 89.4 cm³/mol. The fourth-order valence-corrected chi connectivity index (χ4v) is 1.88. The van der Waals surface area contributed by atoms with Crippen LogP contribution in [0.25, 0.3) is 0 Å². The standard InChI is InChI=1S/C16H19N3OS/c1-12(2)14-7-5-13(6-8-14)10-18-19-16(21)17-11-15-4-3-9-20-15/h3-10,12H,11H2,1-2H3,(H2,17,19,21)/b18-10-. The monoisotopic (exact) mass is 301 g/mol. The van der Waals surface area contributed by atoms with Crippen LogP contribution in [0.5, 0.6) is 0 Å². The van der Waals surface area contributed by atoms with E-state index in [4.69, 9.17) is 16.6 Å². The summed E-state index contributed by atoms with van der Waals surface area (Å²) in [6.45, 7) is 4.89. The second-order valence-electron chi connectivity index (χ2n) is 4.95. The Bertz CT molecular complexity index is 588. The molecule has 2 rings (SSSR count). The van der Waals surface area contributed by atoms with E-state index >= 15 is 0 Å². The summed E-state index contributed by atoms with van der Waals surface area (Å²) in [5.74, 6) is 1.36. The molecule has 0 fully saturated rings. The van der Waals surface area contributed by atoms with Gasteiger partial charge in [-0.2, -0.15) is 5.10 Å². The van der Waals surface area contributed by atoms with Gasteiger partial charge in [-0.3, -0.25) is 5.43 Å². The summed E-state index contributed by atoms with van der Waals surface area (Å²) < 4.78 is 5.20. The molecule has 0 bridgehead atoms. The molecule has 1 aromatic carbocycles. The van der Waals surface area contributed by atoms with Crippen molar-refractivity contribution in [2.24, 2.45) is 5.10 Å². The lowest BCUT2D eigenvalue weighted by Crippen LogP contribution is -2.31. The van der Waals surface area contributed by atoms with Crippen LogP contribution in [0.4, 0.5) is 0 Å². The van der Waals surface area contributed by atoms with Crippen molar-refractivity contribution in [3.8, 4) is 0 Å². The summed E-state index contributed by atoms with van der Waals surface area (Å²) in [4.78, 5) is 0. The maximum atomic E-state index is 5.20. The first-order chi connectivity index (χ1) is 10.1. The molecule has 0 aliphatic heterocycles. The highest BCUT2D eigenvalue weighted by molar-refractivity contribution is 7.80. The Morgan fingerprint density at radius 2 is 2.05 bits per heavy atom. The molecule has 2 aromatic rings. The minimum absolute atomic E-state index is 0.460. The van der Waals surface area contributed by atoms with Gasteiger partial charge >= 0.3 is 0 Å². The van der Waals surface area contributed by atoms with Gasteiger partial charge < -0.3 is 9.73 Å². The molecule has 0 atom stereocenters. The average molecular weight is 301 g/mol. The molecule has 1 aromatic heterocycles. The highest BCUT2D eigenvalue weighted by atomic mass is 32.1. The number of hydrazone groups is 1. The Morgan fingerprint density at radius 3 is 2.67 bits per heavy atom. The summed E-state index contributed by atoms with van der Waals surface area (Å²) in [5, 5.41) is 7.57. The van der Waals surface area contributed by atoms with Crippen molar-refractivity contribution in [1.29, 1.82) is 0 Å². The molecule has 0 saturated carbocycles. The fourth-order valence-electron chi connectivity index (χ4n) is 1.75. The Labute approximate surface area is 130 Å². The predicted octanol–water partition coefficient (Wildman–Crippen LogP) is 3.40. The molecular weight excluding hydrogens is 282 g/mol. The maximum Gasteiger partial charge on any atom is 0.187 e. The fraction of sp³-hybridized carbons (Fsp3) is 0.250. The minimum Gasteiger partial charge on any atom is -0.467 e. The van der Waals surface area contributed by atoms with Crippen LogP contribution in [0.15, 0.2) is 52.2 Å². The number of thiocarbonyl (C=S) groups is 1. The first kappa shape index (κ1) is 15.3. The molecule has 0 radical (unpaired) electrons. The smallest absolute Gasteiger partial charge is 0.187 e. The van der Waals surface area contributed by atoms with E-state index in [0.717, 1.165) is 11.3 Å². The Kier molecular flexibility index (Phi) is 5.51. The summed E-state index contributed by atoms with van der Waals surface area (Å²) in [5.41, 5.74) is 5.12. The van der Waals surface area contributed by atoms with E-state index < -0.39 is 0 Å². The van der Waals surface area contributed by atoms with Crippen molar-refractivity contribution < 1.29 is 4.42 Å². The van der Waals surface area contributed by atoms with Gasteiger partial charge in [-0.25, -0.2) is 0 Å². The van der Waals surface area contributed by atoms with Crippen molar-refractivity contribution in [2.75, 3.05) is 0 Å². The largest absolute Gasteiger partial charge is 0.467 e. The third-order valence-corrected chi connectivity index (χ3v) is 3.22. The lowest BCUT2D eigenvalue weighted by Gasteiger charge is -2.05. The zero-order chi connectivity index (χ0) is 15.1. The molecule has 0 amide bonds. The maximum absolute atomic E-state index is 5.20. The molecule has 1 heterocycles. The zero-order valence-electron chi connectivity index (χ0n) is 12.2. The molecule has 110 valence electrons. The summed E-state index contributed by atoms with van der Waals surface area (Å²) in [6, 6.07) is 12.0. The highest BCUT2D eigenvalue weighted by Gasteiger charge is 1.98. The van der Waals surface area contributed by atoms with Gasteiger partial charge in [0.1, 0.15) is 5.76 Å². The average Bonchev–Trinajstić information content (AvgIpc) is 2.99. The zero-order valence-corrected chi connectivity index (χ0v) is 13.0. The van der Waals surface area contributed by atoms with Gasteiger partial charge in [-0.15, -0.1) is 0 Å². The Morgan fingerprint density at radius 1 is 1.29 bits per heavy atom. The highest BCUT2D eigenvalue weighted by Crippen LogP contribution is 2.13. The van der Waals surface area contributed by atoms with Crippen molar-refractivity contribution >= 4 is 23.5 Å². The molecule has 21 heavy (non-hydrogen) atoms. The quantitative estimate of drug-likeness (QED) is 0.505. The van der Waals surface area contributed by atoms with Gasteiger partial charge in [0.2, 0.25) is 0 Å². The third kappa shape index (κ3) is 5.04. The van der Waals surface area contributed by atoms with Crippen molar-refractivity contribution in [1.82, 2.24) is 10.7 Å². The Balaban J connectivity index is 1.77. The third-order valence-electron chi connectivity index (χ3n) is 2.99. The van der Waals surface area contributed by atoms with Crippen LogP contribution in [-0.2, 0) is 6.54 Å². The number of nitrogens with one attached hydrogen (secondary N) is 2. The molecule has 0 unspecified atom stereocenters. The van der Waals surface area contributed by atoms with Crippen molar-refractivity contribution in [2.45, 2.75) is 26.3 Å². The van der Waals surface area contributed by atoms with Crippen LogP contribution in [0.2, 0.25) is 0 Å². The van der Waals surface area contributed by atoms with E-state index in [0.29, 0.717) is 17.6 Å². The van der Waals surface area contributed by atoms with Crippen molar-refractivity contribution in [3.05, 3.63) is 59.5 Å². The van der Waals surface area contributed by atoms with E-state index in [-0.39, 0.29) is 0 Å². The van der Waals surface area contributed by atoms with Gasteiger partial charge in [-0.1, -0.05) is 38.1 Å². The number of furan rings is 1. The molecule has 2 N–H and O–H groups in total.